The van der Waals surface area contributed by atoms with Crippen LogP contribution in [0.3, 0.4) is 0 Å². The standard InChI is InChI=1S/C19H18N4O13S4.C9H11NO6S2/c1-21-18-14(39(28,29)30)8-10-7-13(37-36-35-25)17(19(24)15(10)16(18)20)23-22-11-3-2-4-12(9-11)38(26,27)6-5-34-40(31,32)33;1-10-8-2-4-9(5-3-8)17(11,12)7-6-16-18(13,14)15/h2-4,7-9,24-25H,1,5-6,20H2,(H,28,29,30)(H,31,32,33);2-5H,1,6-7H2,(H,13,14,15). The summed E-state index contributed by atoms with van der Waals surface area (Å²) in [4.78, 5) is 6.00. The first-order valence-electron chi connectivity index (χ1n) is 14.8. The minimum atomic E-state index is -4.84. The Kier molecular flexibility index (Phi) is 16.1. The molecule has 0 amide bonds. The minimum Gasteiger partial charge on any atom is -0.505 e. The number of nitrogens with zero attached hydrogens (tertiary/aromatic N) is 4. The molecule has 0 aromatic heterocycles. The highest BCUT2D eigenvalue weighted by molar-refractivity contribution is 7.94. The first-order chi connectivity index (χ1) is 26.8. The molecule has 0 spiro atoms. The molecular weight excluding hydrogens is 903 g/mol. The Labute approximate surface area is 334 Å². The molecule has 316 valence electrons. The summed E-state index contributed by atoms with van der Waals surface area (Å²) in [5, 5.41) is 30.7. The molecule has 0 unspecified atom stereocenters. The van der Waals surface area contributed by atoms with E-state index in [1.54, 1.807) is 0 Å². The first kappa shape index (κ1) is 47.8. The molecule has 0 aliphatic carbocycles. The number of aromatic hydroxyl groups is 1. The van der Waals surface area contributed by atoms with Crippen molar-refractivity contribution >= 4 is 115 Å². The van der Waals surface area contributed by atoms with Crippen molar-refractivity contribution in [3.05, 3.63) is 60.7 Å². The van der Waals surface area contributed by atoms with E-state index in [0.29, 0.717) is 17.7 Å². The van der Waals surface area contributed by atoms with Gasteiger partial charge in [0.15, 0.2) is 25.4 Å². The molecule has 7 N–H and O–H groups in total. The third-order valence-electron chi connectivity index (χ3n) is 6.89. The van der Waals surface area contributed by atoms with Gasteiger partial charge >= 0.3 is 20.8 Å². The lowest BCUT2D eigenvalue weighted by atomic mass is 10.0. The van der Waals surface area contributed by atoms with E-state index in [-0.39, 0.29) is 36.8 Å². The Morgan fingerprint density at radius 2 is 1.26 bits per heavy atom. The molecule has 4 aromatic carbocycles. The lowest BCUT2D eigenvalue weighted by Crippen LogP contribution is -2.15. The van der Waals surface area contributed by atoms with Gasteiger partial charge in [0.05, 0.1) is 73.9 Å². The highest BCUT2D eigenvalue weighted by Gasteiger charge is 2.25. The van der Waals surface area contributed by atoms with Crippen LogP contribution in [0.4, 0.5) is 28.4 Å². The number of aliphatic imine (C=N–C) groups is 2. The quantitative estimate of drug-likeness (QED) is 0.0157. The maximum absolute atomic E-state index is 12.5. The van der Waals surface area contributed by atoms with E-state index >= 15 is 0 Å². The van der Waals surface area contributed by atoms with E-state index in [1.807, 2.05) is 0 Å². The average molecular weight is 932 g/mol. The Morgan fingerprint density at radius 3 is 1.76 bits per heavy atom. The number of phenolic OH excluding ortho intramolecular Hbond substituents is 1. The normalized spacial score (nSPS) is 12.6. The molecule has 0 saturated carbocycles. The van der Waals surface area contributed by atoms with Crippen LogP contribution in [0, 0.1) is 0 Å². The number of nitrogen functional groups attached to an aromatic ring is 1. The number of anilines is 1. The molecule has 58 heavy (non-hydrogen) atoms. The summed E-state index contributed by atoms with van der Waals surface area (Å²) >= 11 is 0.305. The van der Waals surface area contributed by atoms with Crippen molar-refractivity contribution in [1.29, 1.82) is 0 Å². The maximum atomic E-state index is 12.5. The van der Waals surface area contributed by atoms with Crippen molar-refractivity contribution in [2.45, 2.75) is 19.6 Å². The molecule has 30 heteroatoms. The summed E-state index contributed by atoms with van der Waals surface area (Å²) in [7, 11) is -22.1. The van der Waals surface area contributed by atoms with Crippen LogP contribution in [-0.2, 0) is 68.3 Å². The van der Waals surface area contributed by atoms with E-state index in [1.165, 1.54) is 48.5 Å². The van der Waals surface area contributed by atoms with E-state index in [2.05, 4.69) is 51.4 Å². The predicted octanol–water partition coefficient (Wildman–Crippen LogP) is 3.76. The van der Waals surface area contributed by atoms with Gasteiger partial charge in [0, 0.05) is 0 Å². The predicted molar refractivity (Wildman–Crippen MR) is 205 cm³/mol. The number of rotatable bonds is 18. The number of hydrogen-bond acceptors (Lipinski definition) is 22. The monoisotopic (exact) mass is 931 g/mol. The highest BCUT2D eigenvalue weighted by atomic mass is 32.3. The summed E-state index contributed by atoms with van der Waals surface area (Å²) in [6, 6.07) is 12.6. The lowest BCUT2D eigenvalue weighted by molar-refractivity contribution is -0.432. The van der Waals surface area contributed by atoms with Crippen LogP contribution in [0.25, 0.3) is 10.8 Å². The Morgan fingerprint density at radius 1 is 0.690 bits per heavy atom. The van der Waals surface area contributed by atoms with Crippen LogP contribution >= 0.6 is 12.0 Å². The van der Waals surface area contributed by atoms with E-state index in [0.717, 1.165) is 12.1 Å². The number of fused-ring (bicyclic) bond motifs is 1. The van der Waals surface area contributed by atoms with E-state index in [4.69, 9.17) is 20.1 Å². The Hall–Kier alpha value is -4.54. The fourth-order valence-electron chi connectivity index (χ4n) is 4.42. The van der Waals surface area contributed by atoms with Crippen LogP contribution in [0.15, 0.2) is 100 Å². The van der Waals surface area contributed by atoms with Crippen LogP contribution < -0.4 is 5.73 Å². The molecule has 0 heterocycles. The third kappa shape index (κ3) is 13.5. The van der Waals surface area contributed by atoms with Crippen molar-refractivity contribution in [3.63, 3.8) is 0 Å². The molecule has 4 rings (SSSR count). The second-order valence-corrected chi connectivity index (χ2v) is 19.2. The summed E-state index contributed by atoms with van der Waals surface area (Å²) < 4.78 is 153. The van der Waals surface area contributed by atoms with Crippen LogP contribution in [0.1, 0.15) is 0 Å². The van der Waals surface area contributed by atoms with Gasteiger partial charge < -0.3 is 10.8 Å². The molecule has 0 fully saturated rings. The van der Waals surface area contributed by atoms with Crippen LogP contribution in [-0.4, -0.2) is 104 Å². The van der Waals surface area contributed by atoms with E-state index < -0.39 is 97.3 Å². The summed E-state index contributed by atoms with van der Waals surface area (Å²) in [5.41, 5.74) is 5.26. The van der Waals surface area contributed by atoms with Gasteiger partial charge in [-0.2, -0.15) is 30.4 Å². The van der Waals surface area contributed by atoms with Gasteiger partial charge in [-0.1, -0.05) is 11.1 Å². The van der Waals surface area contributed by atoms with Crippen LogP contribution in [0.2, 0.25) is 0 Å². The highest BCUT2D eigenvalue weighted by Crippen LogP contribution is 2.49. The van der Waals surface area contributed by atoms with Crippen molar-refractivity contribution in [1.82, 2.24) is 0 Å². The summed E-state index contributed by atoms with van der Waals surface area (Å²) in [6.45, 7) is 5.00. The molecule has 0 radical (unpaired) electrons. The van der Waals surface area contributed by atoms with Crippen molar-refractivity contribution < 1.29 is 83.8 Å². The largest absolute Gasteiger partial charge is 0.505 e. The average Bonchev–Trinajstić information content (AvgIpc) is 3.12. The third-order valence-corrected chi connectivity index (χ3v) is 12.7. The van der Waals surface area contributed by atoms with Crippen molar-refractivity contribution in [2.24, 2.45) is 20.2 Å². The maximum Gasteiger partial charge on any atom is 0.397 e. The number of phenols is 1. The number of azo groups is 1. The number of sulfone groups is 2. The molecule has 0 atom stereocenters. The molecular formula is C28H29N5O19S6. The van der Waals surface area contributed by atoms with Gasteiger partial charge in [0.25, 0.3) is 10.1 Å². The van der Waals surface area contributed by atoms with Gasteiger partial charge in [0.1, 0.15) is 16.3 Å². The summed E-state index contributed by atoms with van der Waals surface area (Å²) in [5.74, 6) is -2.04. The van der Waals surface area contributed by atoms with Gasteiger partial charge in [-0.15, -0.1) is 9.45 Å². The zero-order valence-electron chi connectivity index (χ0n) is 28.8. The fourth-order valence-corrected chi connectivity index (χ4v) is 8.63. The Balaban J connectivity index is 0.000000417. The SMILES string of the molecule is C=Nc1c(S(=O)(=O)O)cc2cc(SOOO)c(N=Nc3cccc(S(=O)(=O)CCOS(=O)(=O)O)c3)c(O)c2c1N.C=Nc1ccc(S(=O)(=O)CCOS(=O)(=O)O)cc1. The first-order valence-corrected chi connectivity index (χ1v) is 23.0. The topological polar surface area (TPSA) is 384 Å². The second-order valence-electron chi connectivity index (χ2n) is 10.7. The zero-order chi connectivity index (χ0) is 43.7. The zero-order valence-corrected chi connectivity index (χ0v) is 33.7. The van der Waals surface area contributed by atoms with E-state index in [9.17, 15) is 51.7 Å². The van der Waals surface area contributed by atoms with Crippen molar-refractivity contribution in [2.75, 3.05) is 30.5 Å². The minimum absolute atomic E-state index is 0.00818. The fraction of sp³-hybridized carbons (Fsp3) is 0.143. The van der Waals surface area contributed by atoms with Crippen LogP contribution in [0.5, 0.6) is 5.75 Å². The molecule has 0 saturated heterocycles. The van der Waals surface area contributed by atoms with Crippen molar-refractivity contribution in [3.8, 4) is 5.75 Å². The van der Waals surface area contributed by atoms with Gasteiger partial charge in [-0.3, -0.25) is 23.6 Å². The van der Waals surface area contributed by atoms with Gasteiger partial charge in [0.2, 0.25) is 0 Å². The molecule has 24 nitrogen and oxygen atoms in total. The molecule has 4 aromatic rings. The summed E-state index contributed by atoms with van der Waals surface area (Å²) in [6.07, 6.45) is 0. The number of benzene rings is 4. The molecule has 0 bridgehead atoms. The number of hydrogen-bond donors (Lipinski definition) is 6. The Bertz CT molecular complexity index is 2780. The van der Waals surface area contributed by atoms with Gasteiger partial charge in [-0.05, 0) is 73.4 Å². The van der Waals surface area contributed by atoms with Gasteiger partial charge in [-0.25, -0.2) is 30.5 Å². The molecule has 0 aliphatic rings. The lowest BCUT2D eigenvalue weighted by Gasteiger charge is -2.14. The second kappa shape index (κ2) is 19.5. The molecule has 0 aliphatic heterocycles. The number of nitrogens with two attached hydrogens (primary N) is 1. The smallest absolute Gasteiger partial charge is 0.397 e.